The molecule has 1 heterocycles. The quantitative estimate of drug-likeness (QED) is 0.629. The van der Waals surface area contributed by atoms with E-state index in [1.807, 2.05) is 6.92 Å². The summed E-state index contributed by atoms with van der Waals surface area (Å²) in [4.78, 5) is 2.30. The number of hydrogen-bond donors (Lipinski definition) is 1. The van der Waals surface area contributed by atoms with Crippen LogP contribution in [0.25, 0.3) is 0 Å². The number of hydrogen-bond acceptors (Lipinski definition) is 2. The van der Waals surface area contributed by atoms with Gasteiger partial charge in [0.1, 0.15) is 0 Å². The van der Waals surface area contributed by atoms with Gasteiger partial charge in [-0.05, 0) is 12.8 Å². The monoisotopic (exact) mass is 143 g/mol. The summed E-state index contributed by atoms with van der Waals surface area (Å²) in [6.45, 7) is 7.32. The molecule has 1 aliphatic rings. The van der Waals surface area contributed by atoms with Crippen LogP contribution in [0.4, 0.5) is 0 Å². The highest BCUT2D eigenvalue weighted by Gasteiger charge is 2.24. The maximum atomic E-state index is 9.01. The average molecular weight is 143 g/mol. The first kappa shape index (κ1) is 8.02. The van der Waals surface area contributed by atoms with E-state index in [1.165, 1.54) is 19.5 Å². The largest absolute Gasteiger partial charge is 0.392 e. The van der Waals surface area contributed by atoms with Crippen molar-refractivity contribution in [3.05, 3.63) is 0 Å². The Morgan fingerprint density at radius 1 is 1.60 bits per heavy atom. The van der Waals surface area contributed by atoms with Crippen molar-refractivity contribution in [3.8, 4) is 0 Å². The van der Waals surface area contributed by atoms with Crippen molar-refractivity contribution in [3.63, 3.8) is 0 Å². The predicted molar refractivity (Wildman–Crippen MR) is 41.9 cm³/mol. The fraction of sp³-hybridized carbons (Fsp3) is 1.00. The van der Waals surface area contributed by atoms with Crippen molar-refractivity contribution >= 4 is 0 Å². The van der Waals surface area contributed by atoms with Crippen molar-refractivity contribution in [1.29, 1.82) is 0 Å². The lowest BCUT2D eigenvalue weighted by Crippen LogP contribution is -2.48. The molecule has 1 atom stereocenters. The topological polar surface area (TPSA) is 23.5 Å². The molecule has 10 heavy (non-hydrogen) atoms. The highest BCUT2D eigenvalue weighted by molar-refractivity contribution is 4.79. The van der Waals surface area contributed by atoms with Crippen LogP contribution in [0.15, 0.2) is 0 Å². The Morgan fingerprint density at radius 2 is 2.20 bits per heavy atom. The predicted octanol–water partition coefficient (Wildman–Crippen LogP) is 0.709. The molecule has 0 spiro atoms. The molecule has 0 amide bonds. The van der Waals surface area contributed by atoms with Gasteiger partial charge in [0.05, 0.1) is 6.10 Å². The van der Waals surface area contributed by atoms with Crippen molar-refractivity contribution in [2.45, 2.75) is 26.4 Å². The fourth-order valence-corrected chi connectivity index (χ4v) is 1.46. The van der Waals surface area contributed by atoms with Crippen molar-refractivity contribution < 1.29 is 5.11 Å². The Morgan fingerprint density at radius 3 is 2.60 bits per heavy atom. The highest BCUT2D eigenvalue weighted by Crippen LogP contribution is 2.17. The zero-order valence-electron chi connectivity index (χ0n) is 6.88. The zero-order chi connectivity index (χ0) is 7.56. The molecule has 1 aliphatic heterocycles. The van der Waals surface area contributed by atoms with E-state index in [0.29, 0.717) is 0 Å². The summed E-state index contributed by atoms with van der Waals surface area (Å²) in [7, 11) is 0. The Hall–Kier alpha value is -0.0800. The SMILES string of the molecule is CCC1CN(CC(C)O)C1. The van der Waals surface area contributed by atoms with Crippen LogP contribution in [0.3, 0.4) is 0 Å². The third-order valence-electron chi connectivity index (χ3n) is 2.13. The normalized spacial score (nSPS) is 24.3. The first-order valence-electron chi connectivity index (χ1n) is 4.12. The summed E-state index contributed by atoms with van der Waals surface area (Å²) in [5, 5.41) is 9.01. The van der Waals surface area contributed by atoms with Crippen LogP contribution in [0.1, 0.15) is 20.3 Å². The molecule has 60 valence electrons. The molecule has 0 bridgehead atoms. The molecule has 0 radical (unpaired) electrons. The molecule has 0 aromatic carbocycles. The number of aliphatic hydroxyl groups is 1. The smallest absolute Gasteiger partial charge is 0.0639 e. The van der Waals surface area contributed by atoms with Gasteiger partial charge < -0.3 is 10.0 Å². The minimum atomic E-state index is -0.155. The maximum Gasteiger partial charge on any atom is 0.0639 e. The summed E-state index contributed by atoms with van der Waals surface area (Å²) in [6.07, 6.45) is 1.13. The Labute approximate surface area is 62.8 Å². The number of nitrogens with zero attached hydrogens (tertiary/aromatic N) is 1. The molecule has 1 rings (SSSR count). The fourth-order valence-electron chi connectivity index (χ4n) is 1.46. The molecule has 1 unspecified atom stereocenters. The van der Waals surface area contributed by atoms with Gasteiger partial charge in [0.2, 0.25) is 0 Å². The van der Waals surface area contributed by atoms with Gasteiger partial charge in [-0.25, -0.2) is 0 Å². The lowest BCUT2D eigenvalue weighted by Gasteiger charge is -2.39. The van der Waals surface area contributed by atoms with Crippen LogP contribution in [0.2, 0.25) is 0 Å². The second kappa shape index (κ2) is 3.35. The van der Waals surface area contributed by atoms with Gasteiger partial charge >= 0.3 is 0 Å². The molecular weight excluding hydrogens is 126 g/mol. The number of aliphatic hydroxyl groups excluding tert-OH is 1. The molecule has 2 heteroatoms. The number of β-amino-alcohol motifs (C(OH)–C–C–N with tert-alkyl or cyclic N) is 1. The maximum absolute atomic E-state index is 9.01. The first-order valence-corrected chi connectivity index (χ1v) is 4.12. The Kier molecular flexibility index (Phi) is 2.69. The summed E-state index contributed by atoms with van der Waals surface area (Å²) in [5.74, 6) is 0.902. The number of rotatable bonds is 3. The second-order valence-electron chi connectivity index (χ2n) is 3.34. The minimum absolute atomic E-state index is 0.155. The van der Waals surface area contributed by atoms with Crippen molar-refractivity contribution in [2.24, 2.45) is 5.92 Å². The van der Waals surface area contributed by atoms with Crippen LogP contribution in [0, 0.1) is 5.92 Å². The third-order valence-corrected chi connectivity index (χ3v) is 2.13. The minimum Gasteiger partial charge on any atom is -0.392 e. The van der Waals surface area contributed by atoms with E-state index in [0.717, 1.165) is 12.5 Å². The first-order chi connectivity index (χ1) is 4.72. The molecule has 0 aromatic rings. The van der Waals surface area contributed by atoms with Gasteiger partial charge in [-0.1, -0.05) is 13.3 Å². The molecule has 0 aromatic heterocycles. The average Bonchev–Trinajstić information content (AvgIpc) is 1.76. The van der Waals surface area contributed by atoms with Gasteiger partial charge in [-0.3, -0.25) is 0 Å². The van der Waals surface area contributed by atoms with E-state index in [1.54, 1.807) is 0 Å². The van der Waals surface area contributed by atoms with Crippen LogP contribution in [0.5, 0.6) is 0 Å². The Balaban J connectivity index is 2.03. The molecule has 1 saturated heterocycles. The third kappa shape index (κ3) is 1.96. The van der Waals surface area contributed by atoms with E-state index in [2.05, 4.69) is 11.8 Å². The van der Waals surface area contributed by atoms with Crippen molar-refractivity contribution in [2.75, 3.05) is 19.6 Å². The van der Waals surface area contributed by atoms with Gasteiger partial charge in [0.15, 0.2) is 0 Å². The molecule has 0 saturated carbocycles. The van der Waals surface area contributed by atoms with Crippen LogP contribution in [-0.4, -0.2) is 35.7 Å². The van der Waals surface area contributed by atoms with E-state index in [-0.39, 0.29) is 6.10 Å². The van der Waals surface area contributed by atoms with Crippen LogP contribution < -0.4 is 0 Å². The van der Waals surface area contributed by atoms with Gasteiger partial charge in [-0.2, -0.15) is 0 Å². The highest BCUT2D eigenvalue weighted by atomic mass is 16.3. The molecule has 2 nitrogen and oxygen atoms in total. The molecule has 1 fully saturated rings. The molecular formula is C8H17NO. The molecule has 1 N–H and O–H groups in total. The lowest BCUT2D eigenvalue weighted by molar-refractivity contribution is 0.0459. The molecule has 0 aliphatic carbocycles. The Bertz CT molecular complexity index is 97.4. The van der Waals surface area contributed by atoms with E-state index in [9.17, 15) is 0 Å². The van der Waals surface area contributed by atoms with E-state index >= 15 is 0 Å². The second-order valence-corrected chi connectivity index (χ2v) is 3.34. The van der Waals surface area contributed by atoms with Crippen LogP contribution in [-0.2, 0) is 0 Å². The van der Waals surface area contributed by atoms with Gasteiger partial charge in [-0.15, -0.1) is 0 Å². The number of likely N-dealkylation sites (tertiary alicyclic amines) is 1. The summed E-state index contributed by atoms with van der Waals surface area (Å²) in [5.41, 5.74) is 0. The summed E-state index contributed by atoms with van der Waals surface area (Å²) in [6, 6.07) is 0. The zero-order valence-corrected chi connectivity index (χ0v) is 6.88. The van der Waals surface area contributed by atoms with Gasteiger partial charge in [0, 0.05) is 19.6 Å². The summed E-state index contributed by atoms with van der Waals surface area (Å²) >= 11 is 0. The van der Waals surface area contributed by atoms with E-state index in [4.69, 9.17) is 5.11 Å². The van der Waals surface area contributed by atoms with Crippen LogP contribution >= 0.6 is 0 Å². The standard InChI is InChI=1S/C8H17NO/c1-3-8-5-9(6-8)4-7(2)10/h7-8,10H,3-6H2,1-2H3. The van der Waals surface area contributed by atoms with Crippen molar-refractivity contribution in [1.82, 2.24) is 4.90 Å². The lowest BCUT2D eigenvalue weighted by atomic mass is 9.97. The summed E-state index contributed by atoms with van der Waals surface area (Å²) < 4.78 is 0. The van der Waals surface area contributed by atoms with Gasteiger partial charge in [0.25, 0.3) is 0 Å². The van der Waals surface area contributed by atoms with E-state index < -0.39 is 0 Å².